The number of nitrogens with zero attached hydrogens (tertiary/aromatic N) is 2. The van der Waals surface area contributed by atoms with Gasteiger partial charge < -0.3 is 15.4 Å². The van der Waals surface area contributed by atoms with Gasteiger partial charge in [0.05, 0.1) is 12.3 Å². The normalized spacial score (nSPS) is 18.1. The Bertz CT molecular complexity index is 611. The van der Waals surface area contributed by atoms with Gasteiger partial charge >= 0.3 is 0 Å². The molecule has 0 aromatic carbocycles. The van der Waals surface area contributed by atoms with E-state index in [0.29, 0.717) is 26.1 Å². The Morgan fingerprint density at radius 3 is 3.27 bits per heavy atom. The average Bonchev–Trinajstić information content (AvgIpc) is 3.05. The highest BCUT2D eigenvalue weighted by molar-refractivity contribution is 7.13. The van der Waals surface area contributed by atoms with Gasteiger partial charge in [0.15, 0.2) is 0 Å². The third-order valence-electron chi connectivity index (χ3n) is 3.36. The highest BCUT2D eigenvalue weighted by Crippen LogP contribution is 2.22. The molecule has 1 fully saturated rings. The summed E-state index contributed by atoms with van der Waals surface area (Å²) in [6.45, 7) is 2.53. The molecule has 2 aromatic heterocycles. The van der Waals surface area contributed by atoms with Crippen LogP contribution in [0.1, 0.15) is 5.69 Å². The molecule has 2 N–H and O–H groups in total. The monoisotopic (exact) mass is 318 g/mol. The summed E-state index contributed by atoms with van der Waals surface area (Å²) in [5.41, 5.74) is 2.00. The lowest BCUT2D eigenvalue weighted by atomic mass is 10.2. The molecule has 0 saturated carbocycles. The lowest BCUT2D eigenvalue weighted by Gasteiger charge is -2.22. The van der Waals surface area contributed by atoms with Crippen molar-refractivity contribution in [3.63, 3.8) is 0 Å². The molecule has 116 valence electrons. The van der Waals surface area contributed by atoms with Crippen LogP contribution in [0.15, 0.2) is 29.9 Å². The number of hydrogen-bond acceptors (Lipinski definition) is 6. The first kappa shape index (κ1) is 15.1. The Morgan fingerprint density at radius 1 is 1.55 bits per heavy atom. The minimum absolute atomic E-state index is 0.0603. The molecule has 0 bridgehead atoms. The van der Waals surface area contributed by atoms with E-state index in [4.69, 9.17) is 4.74 Å². The second-order valence-electron chi connectivity index (χ2n) is 4.99. The number of carbonyl (C=O) groups is 1. The van der Waals surface area contributed by atoms with Gasteiger partial charge in [-0.1, -0.05) is 0 Å². The molecule has 0 spiro atoms. The standard InChI is InChI=1S/C15H18N4O2S/c20-14(13-9-17-6-7-21-13)18-5-3-12-10-22-15(19-12)11-2-1-4-16-8-11/h1-2,4,8,10,13,17H,3,5-7,9H2,(H,18,20). The van der Waals surface area contributed by atoms with Crippen LogP contribution in [0, 0.1) is 0 Å². The fourth-order valence-electron chi connectivity index (χ4n) is 2.21. The molecule has 0 radical (unpaired) electrons. The van der Waals surface area contributed by atoms with Gasteiger partial charge in [0.1, 0.15) is 11.1 Å². The smallest absolute Gasteiger partial charge is 0.250 e. The van der Waals surface area contributed by atoms with Crippen LogP contribution < -0.4 is 10.6 Å². The second kappa shape index (κ2) is 7.44. The summed E-state index contributed by atoms with van der Waals surface area (Å²) in [4.78, 5) is 20.6. The molecule has 1 saturated heterocycles. The van der Waals surface area contributed by atoms with Crippen molar-refractivity contribution in [3.05, 3.63) is 35.6 Å². The predicted octanol–water partition coefficient (Wildman–Crippen LogP) is 0.852. The van der Waals surface area contributed by atoms with Gasteiger partial charge in [-0.2, -0.15) is 0 Å². The number of rotatable bonds is 5. The van der Waals surface area contributed by atoms with E-state index < -0.39 is 0 Å². The van der Waals surface area contributed by atoms with Crippen molar-refractivity contribution in [1.29, 1.82) is 0 Å². The van der Waals surface area contributed by atoms with E-state index in [2.05, 4.69) is 20.6 Å². The summed E-state index contributed by atoms with van der Waals surface area (Å²) in [6, 6.07) is 3.89. The summed E-state index contributed by atoms with van der Waals surface area (Å²) in [7, 11) is 0. The molecule has 3 heterocycles. The number of ether oxygens (including phenoxy) is 1. The third kappa shape index (κ3) is 3.88. The minimum atomic E-state index is -0.380. The first-order valence-corrected chi connectivity index (χ1v) is 8.16. The van der Waals surface area contributed by atoms with Crippen molar-refractivity contribution in [2.45, 2.75) is 12.5 Å². The van der Waals surface area contributed by atoms with Gasteiger partial charge in [0.2, 0.25) is 5.91 Å². The van der Waals surface area contributed by atoms with Gasteiger partial charge in [-0.25, -0.2) is 4.98 Å². The van der Waals surface area contributed by atoms with E-state index in [9.17, 15) is 4.79 Å². The van der Waals surface area contributed by atoms with Crippen molar-refractivity contribution >= 4 is 17.2 Å². The number of thiazole rings is 1. The Labute approximate surface area is 132 Å². The number of nitrogens with one attached hydrogen (secondary N) is 2. The average molecular weight is 318 g/mol. The van der Waals surface area contributed by atoms with E-state index in [-0.39, 0.29) is 12.0 Å². The van der Waals surface area contributed by atoms with Crippen LogP contribution >= 0.6 is 11.3 Å². The first-order chi connectivity index (χ1) is 10.8. The Morgan fingerprint density at radius 2 is 2.50 bits per heavy atom. The molecule has 1 aliphatic rings. The summed E-state index contributed by atoms with van der Waals surface area (Å²) in [5.74, 6) is -0.0603. The maximum atomic E-state index is 11.9. The van der Waals surface area contributed by atoms with Crippen LogP contribution in [0.2, 0.25) is 0 Å². The zero-order chi connectivity index (χ0) is 15.2. The maximum Gasteiger partial charge on any atom is 0.250 e. The van der Waals surface area contributed by atoms with Crippen molar-refractivity contribution in [3.8, 4) is 10.6 Å². The molecule has 0 aliphatic carbocycles. The minimum Gasteiger partial charge on any atom is -0.366 e. The van der Waals surface area contributed by atoms with Gasteiger partial charge in [-0.3, -0.25) is 9.78 Å². The largest absolute Gasteiger partial charge is 0.366 e. The lowest BCUT2D eigenvalue weighted by molar-refractivity contribution is -0.134. The maximum absolute atomic E-state index is 11.9. The Kier molecular flexibility index (Phi) is 5.10. The van der Waals surface area contributed by atoms with Gasteiger partial charge in [0, 0.05) is 49.4 Å². The number of pyridine rings is 1. The third-order valence-corrected chi connectivity index (χ3v) is 4.30. The Hall–Kier alpha value is -1.83. The summed E-state index contributed by atoms with van der Waals surface area (Å²) in [5, 5.41) is 9.02. The number of carbonyl (C=O) groups excluding carboxylic acids is 1. The Balaban J connectivity index is 1.48. The molecule has 1 aliphatic heterocycles. The summed E-state index contributed by atoms with van der Waals surface area (Å²) >= 11 is 1.59. The molecule has 1 amide bonds. The van der Waals surface area contributed by atoms with Crippen molar-refractivity contribution in [2.24, 2.45) is 0 Å². The molecule has 2 aromatic rings. The second-order valence-corrected chi connectivity index (χ2v) is 5.85. The zero-order valence-corrected chi connectivity index (χ0v) is 12.9. The zero-order valence-electron chi connectivity index (χ0n) is 12.1. The van der Waals surface area contributed by atoms with Crippen LogP contribution in [-0.2, 0) is 16.0 Å². The molecule has 7 heteroatoms. The predicted molar refractivity (Wildman–Crippen MR) is 84.7 cm³/mol. The van der Waals surface area contributed by atoms with Crippen molar-refractivity contribution < 1.29 is 9.53 Å². The van der Waals surface area contributed by atoms with Crippen LogP contribution in [0.4, 0.5) is 0 Å². The van der Waals surface area contributed by atoms with Crippen LogP contribution in [-0.4, -0.2) is 48.2 Å². The molecule has 22 heavy (non-hydrogen) atoms. The lowest BCUT2D eigenvalue weighted by Crippen LogP contribution is -2.48. The van der Waals surface area contributed by atoms with Gasteiger partial charge in [0.25, 0.3) is 0 Å². The van der Waals surface area contributed by atoms with Crippen LogP contribution in [0.5, 0.6) is 0 Å². The quantitative estimate of drug-likeness (QED) is 0.855. The SMILES string of the molecule is O=C(NCCc1csc(-c2cccnc2)n1)C1CNCCO1. The summed E-state index contributed by atoms with van der Waals surface area (Å²) in [6.07, 6.45) is 3.88. The summed E-state index contributed by atoms with van der Waals surface area (Å²) < 4.78 is 5.41. The van der Waals surface area contributed by atoms with E-state index in [1.54, 1.807) is 23.7 Å². The van der Waals surface area contributed by atoms with Crippen molar-refractivity contribution in [2.75, 3.05) is 26.2 Å². The number of aromatic nitrogens is 2. The highest BCUT2D eigenvalue weighted by atomic mass is 32.1. The fraction of sp³-hybridized carbons (Fsp3) is 0.400. The number of morpholine rings is 1. The van der Waals surface area contributed by atoms with E-state index in [1.807, 2.05) is 17.5 Å². The van der Waals surface area contributed by atoms with E-state index in [0.717, 1.165) is 22.8 Å². The van der Waals surface area contributed by atoms with Crippen molar-refractivity contribution in [1.82, 2.24) is 20.6 Å². The van der Waals surface area contributed by atoms with Gasteiger partial charge in [-0.15, -0.1) is 11.3 Å². The van der Waals surface area contributed by atoms with E-state index in [1.165, 1.54) is 0 Å². The number of hydrogen-bond donors (Lipinski definition) is 2. The highest BCUT2D eigenvalue weighted by Gasteiger charge is 2.21. The van der Waals surface area contributed by atoms with Crippen LogP contribution in [0.25, 0.3) is 10.6 Å². The van der Waals surface area contributed by atoms with E-state index >= 15 is 0 Å². The molecule has 1 unspecified atom stereocenters. The molecule has 1 atom stereocenters. The molecular formula is C15H18N4O2S. The molecule has 3 rings (SSSR count). The van der Waals surface area contributed by atoms with Crippen LogP contribution in [0.3, 0.4) is 0 Å². The first-order valence-electron chi connectivity index (χ1n) is 7.28. The fourth-order valence-corrected chi connectivity index (χ4v) is 3.05. The number of amides is 1. The van der Waals surface area contributed by atoms with Gasteiger partial charge in [-0.05, 0) is 12.1 Å². The molecule has 6 nitrogen and oxygen atoms in total. The molecular weight excluding hydrogens is 300 g/mol. The topological polar surface area (TPSA) is 76.1 Å².